The van der Waals surface area contributed by atoms with Gasteiger partial charge >= 0.3 is 0 Å². The molecule has 0 fully saturated rings. The number of hydrogen-bond acceptors (Lipinski definition) is 2. The highest BCUT2D eigenvalue weighted by atomic mass is 35.5. The van der Waals surface area contributed by atoms with Crippen LogP contribution in [0.5, 0.6) is 0 Å². The quantitative estimate of drug-likeness (QED) is 0.856. The Hall–Kier alpha value is -2.40. The summed E-state index contributed by atoms with van der Waals surface area (Å²) in [6.07, 6.45) is -0.164. The lowest BCUT2D eigenvalue weighted by Gasteiger charge is -2.08. The number of benzene rings is 2. The van der Waals surface area contributed by atoms with E-state index in [0.29, 0.717) is 10.6 Å². The summed E-state index contributed by atoms with van der Waals surface area (Å²) >= 11 is 5.77. The van der Waals surface area contributed by atoms with Crippen LogP contribution in [0, 0.1) is 5.82 Å². The molecule has 0 saturated heterocycles. The molecular weight excluding hydrogens is 295 g/mol. The average Bonchev–Trinajstić information content (AvgIpc) is 2.47. The van der Waals surface area contributed by atoms with Gasteiger partial charge in [0.25, 0.3) is 5.91 Å². The van der Waals surface area contributed by atoms with Crippen molar-refractivity contribution in [1.29, 1.82) is 0 Å². The van der Waals surface area contributed by atoms with Gasteiger partial charge in [-0.2, -0.15) is 0 Å². The lowest BCUT2D eigenvalue weighted by Crippen LogP contribution is -2.42. The molecule has 2 amide bonds. The minimum absolute atomic E-state index is 0.164. The van der Waals surface area contributed by atoms with E-state index >= 15 is 0 Å². The Kier molecular flexibility index (Phi) is 4.90. The van der Waals surface area contributed by atoms with E-state index < -0.39 is 17.6 Å². The van der Waals surface area contributed by atoms with E-state index in [9.17, 15) is 14.0 Å². The summed E-state index contributed by atoms with van der Waals surface area (Å²) < 4.78 is 13.4. The Labute approximate surface area is 125 Å². The number of carbonyl (C=O) groups excluding carboxylic acids is 2. The van der Waals surface area contributed by atoms with Crippen molar-refractivity contribution in [3.05, 3.63) is 70.5 Å². The first-order valence-corrected chi connectivity index (χ1v) is 6.52. The van der Waals surface area contributed by atoms with Gasteiger partial charge in [0, 0.05) is 10.6 Å². The minimum Gasteiger partial charge on any atom is -0.273 e. The normalized spacial score (nSPS) is 10.0. The van der Waals surface area contributed by atoms with Crippen molar-refractivity contribution in [2.24, 2.45) is 0 Å². The van der Waals surface area contributed by atoms with Crippen molar-refractivity contribution in [2.45, 2.75) is 6.42 Å². The molecule has 6 heteroatoms. The number of halogens is 2. The number of rotatable bonds is 3. The van der Waals surface area contributed by atoms with Crippen LogP contribution < -0.4 is 10.9 Å². The summed E-state index contributed by atoms with van der Waals surface area (Å²) in [5.74, 6) is -1.48. The summed E-state index contributed by atoms with van der Waals surface area (Å²) in [7, 11) is 0. The summed E-state index contributed by atoms with van der Waals surface area (Å²) in [5, 5.41) is 0.417. The van der Waals surface area contributed by atoms with Crippen molar-refractivity contribution in [2.75, 3.05) is 0 Å². The molecule has 0 radical (unpaired) electrons. The molecule has 0 atom stereocenters. The predicted molar refractivity (Wildman–Crippen MR) is 77.2 cm³/mol. The Morgan fingerprint density at radius 3 is 2.52 bits per heavy atom. The minimum atomic E-state index is -0.518. The fraction of sp³-hybridized carbons (Fsp3) is 0.0667. The monoisotopic (exact) mass is 306 g/mol. The van der Waals surface area contributed by atoms with E-state index in [2.05, 4.69) is 10.9 Å². The standard InChI is InChI=1S/C15H12ClFN2O2/c16-12-6-3-5-11(8-12)15(21)19-18-14(20)9-10-4-1-2-7-13(10)17/h1-8H,9H2,(H,18,20)(H,19,21). The van der Waals surface area contributed by atoms with Crippen molar-refractivity contribution >= 4 is 23.4 Å². The van der Waals surface area contributed by atoms with E-state index in [1.165, 1.54) is 24.3 Å². The molecule has 2 aromatic carbocycles. The number of nitrogens with one attached hydrogen (secondary N) is 2. The largest absolute Gasteiger partial charge is 0.273 e. The molecule has 108 valence electrons. The Morgan fingerprint density at radius 2 is 1.81 bits per heavy atom. The maximum atomic E-state index is 13.4. The summed E-state index contributed by atoms with van der Waals surface area (Å²) in [6.45, 7) is 0. The van der Waals surface area contributed by atoms with E-state index in [1.54, 1.807) is 24.3 Å². The van der Waals surface area contributed by atoms with E-state index in [-0.39, 0.29) is 12.0 Å². The second-order valence-electron chi connectivity index (χ2n) is 4.28. The van der Waals surface area contributed by atoms with Crippen LogP contribution in [0.4, 0.5) is 4.39 Å². The number of amides is 2. The SMILES string of the molecule is O=C(Cc1ccccc1F)NNC(=O)c1cccc(Cl)c1. The maximum absolute atomic E-state index is 13.4. The molecule has 0 spiro atoms. The molecule has 4 nitrogen and oxygen atoms in total. The Morgan fingerprint density at radius 1 is 1.05 bits per heavy atom. The average molecular weight is 307 g/mol. The highest BCUT2D eigenvalue weighted by Gasteiger charge is 2.10. The van der Waals surface area contributed by atoms with Gasteiger partial charge in [-0.25, -0.2) is 4.39 Å². The molecule has 2 aromatic rings. The molecule has 0 saturated carbocycles. The molecule has 2 rings (SSSR count). The lowest BCUT2D eigenvalue weighted by atomic mass is 10.1. The van der Waals surface area contributed by atoms with Gasteiger partial charge in [-0.3, -0.25) is 20.4 Å². The smallest absolute Gasteiger partial charge is 0.269 e. The number of hydrogen-bond donors (Lipinski definition) is 2. The highest BCUT2D eigenvalue weighted by molar-refractivity contribution is 6.30. The van der Waals surface area contributed by atoms with Gasteiger partial charge in [0.2, 0.25) is 5.91 Å². The number of hydrazine groups is 1. The van der Waals surface area contributed by atoms with Gasteiger partial charge in [0.15, 0.2) is 0 Å². The molecule has 21 heavy (non-hydrogen) atoms. The zero-order chi connectivity index (χ0) is 15.2. The number of carbonyl (C=O) groups is 2. The van der Waals surface area contributed by atoms with Gasteiger partial charge < -0.3 is 0 Å². The molecular formula is C15H12ClFN2O2. The third kappa shape index (κ3) is 4.29. The van der Waals surface area contributed by atoms with Crippen molar-refractivity contribution in [1.82, 2.24) is 10.9 Å². The second kappa shape index (κ2) is 6.85. The fourth-order valence-electron chi connectivity index (χ4n) is 1.69. The van der Waals surface area contributed by atoms with Crippen molar-refractivity contribution in [3.63, 3.8) is 0 Å². The van der Waals surface area contributed by atoms with Gasteiger partial charge in [0.05, 0.1) is 6.42 Å². The molecule has 0 aromatic heterocycles. The topological polar surface area (TPSA) is 58.2 Å². The van der Waals surface area contributed by atoms with Crippen LogP contribution >= 0.6 is 11.6 Å². The Balaban J connectivity index is 1.90. The Bertz CT molecular complexity index is 676. The zero-order valence-electron chi connectivity index (χ0n) is 10.9. The molecule has 0 heterocycles. The third-order valence-corrected chi connectivity index (χ3v) is 2.95. The zero-order valence-corrected chi connectivity index (χ0v) is 11.7. The molecule has 2 N–H and O–H groups in total. The van der Waals surface area contributed by atoms with Crippen LogP contribution in [0.15, 0.2) is 48.5 Å². The summed E-state index contributed by atoms with van der Waals surface area (Å²) in [6, 6.07) is 12.2. The second-order valence-corrected chi connectivity index (χ2v) is 4.72. The van der Waals surface area contributed by atoms with Gasteiger partial charge in [-0.05, 0) is 29.8 Å². The van der Waals surface area contributed by atoms with E-state index in [4.69, 9.17) is 11.6 Å². The molecule has 0 bridgehead atoms. The van der Waals surface area contributed by atoms with Crippen LogP contribution in [0.1, 0.15) is 15.9 Å². The van der Waals surface area contributed by atoms with Gasteiger partial charge in [-0.1, -0.05) is 35.9 Å². The molecule has 0 aliphatic heterocycles. The summed E-state index contributed by atoms with van der Waals surface area (Å²) in [5.41, 5.74) is 5.04. The molecule has 0 unspecified atom stereocenters. The predicted octanol–water partition coefficient (Wildman–Crippen LogP) is 2.48. The highest BCUT2D eigenvalue weighted by Crippen LogP contribution is 2.10. The van der Waals surface area contributed by atoms with Crippen LogP contribution in [0.25, 0.3) is 0 Å². The first kappa shape index (κ1) is 15.0. The lowest BCUT2D eigenvalue weighted by molar-refractivity contribution is -0.121. The van der Waals surface area contributed by atoms with Gasteiger partial charge in [0.1, 0.15) is 5.82 Å². The molecule has 0 aliphatic rings. The van der Waals surface area contributed by atoms with E-state index in [1.807, 2.05) is 0 Å². The maximum Gasteiger partial charge on any atom is 0.269 e. The fourth-order valence-corrected chi connectivity index (χ4v) is 1.88. The van der Waals surface area contributed by atoms with Crippen molar-refractivity contribution < 1.29 is 14.0 Å². The van der Waals surface area contributed by atoms with Crippen LogP contribution in [-0.4, -0.2) is 11.8 Å². The summed E-state index contributed by atoms with van der Waals surface area (Å²) in [4.78, 5) is 23.4. The third-order valence-electron chi connectivity index (χ3n) is 2.71. The van der Waals surface area contributed by atoms with Crippen LogP contribution in [-0.2, 0) is 11.2 Å². The van der Waals surface area contributed by atoms with Crippen LogP contribution in [0.2, 0.25) is 5.02 Å². The van der Waals surface area contributed by atoms with Gasteiger partial charge in [-0.15, -0.1) is 0 Å². The van der Waals surface area contributed by atoms with Crippen molar-refractivity contribution in [3.8, 4) is 0 Å². The first-order chi connectivity index (χ1) is 10.1. The molecule has 0 aliphatic carbocycles. The van der Waals surface area contributed by atoms with Crippen LogP contribution in [0.3, 0.4) is 0 Å². The van der Waals surface area contributed by atoms with E-state index in [0.717, 1.165) is 0 Å². The first-order valence-electron chi connectivity index (χ1n) is 6.14.